The van der Waals surface area contributed by atoms with Crippen LogP contribution in [0.2, 0.25) is 0 Å². The van der Waals surface area contributed by atoms with Gasteiger partial charge in [0.2, 0.25) is 0 Å². The average Bonchev–Trinajstić information content (AvgIpc) is 2.27. The molecule has 0 aromatic heterocycles. The van der Waals surface area contributed by atoms with Crippen LogP contribution in [0, 0.1) is 5.82 Å². The van der Waals surface area contributed by atoms with E-state index in [0.717, 1.165) is 12.5 Å². The molecule has 6 heteroatoms. The standard InChI is InChI=1S/C13H18FNO3S/c1-9(12-5-4-10(14)7-13(12)16)15-11-3-2-6-19(17,18)8-11/h4-5,7,9,11,15-16H,2-3,6,8H2,1H3. The molecule has 0 amide bonds. The molecule has 0 bridgehead atoms. The Morgan fingerprint density at radius 2 is 2.21 bits per heavy atom. The summed E-state index contributed by atoms with van der Waals surface area (Å²) in [6.07, 6.45) is 1.45. The maximum atomic E-state index is 12.9. The van der Waals surface area contributed by atoms with Crippen molar-refractivity contribution in [1.82, 2.24) is 5.32 Å². The Labute approximate surface area is 112 Å². The molecule has 0 aliphatic carbocycles. The Morgan fingerprint density at radius 3 is 2.84 bits per heavy atom. The summed E-state index contributed by atoms with van der Waals surface area (Å²) in [4.78, 5) is 0. The summed E-state index contributed by atoms with van der Waals surface area (Å²) in [6, 6.07) is 3.52. The molecule has 1 aromatic rings. The van der Waals surface area contributed by atoms with E-state index in [2.05, 4.69) is 5.32 Å². The number of phenols is 1. The molecule has 0 saturated carbocycles. The van der Waals surface area contributed by atoms with Crippen molar-refractivity contribution in [2.24, 2.45) is 0 Å². The molecule has 1 fully saturated rings. The van der Waals surface area contributed by atoms with Crippen LogP contribution in [0.5, 0.6) is 5.75 Å². The van der Waals surface area contributed by atoms with E-state index in [1.807, 2.05) is 6.92 Å². The number of benzene rings is 1. The second-order valence-corrected chi connectivity index (χ2v) is 7.27. The van der Waals surface area contributed by atoms with E-state index >= 15 is 0 Å². The molecule has 1 saturated heterocycles. The molecule has 1 aromatic carbocycles. The fourth-order valence-corrected chi connectivity index (χ4v) is 4.13. The molecule has 4 nitrogen and oxygen atoms in total. The van der Waals surface area contributed by atoms with E-state index in [-0.39, 0.29) is 29.3 Å². The number of rotatable bonds is 3. The van der Waals surface area contributed by atoms with E-state index in [0.29, 0.717) is 12.0 Å². The summed E-state index contributed by atoms with van der Waals surface area (Å²) in [5.74, 6) is -0.229. The van der Waals surface area contributed by atoms with Crippen LogP contribution in [0.25, 0.3) is 0 Å². The molecule has 2 atom stereocenters. The molecule has 19 heavy (non-hydrogen) atoms. The molecule has 1 aliphatic rings. The van der Waals surface area contributed by atoms with Crippen LogP contribution in [0.15, 0.2) is 18.2 Å². The average molecular weight is 287 g/mol. The lowest BCUT2D eigenvalue weighted by Gasteiger charge is -2.27. The first-order chi connectivity index (χ1) is 8.87. The highest BCUT2D eigenvalue weighted by Crippen LogP contribution is 2.26. The summed E-state index contributed by atoms with van der Waals surface area (Å²) in [5, 5.41) is 12.9. The van der Waals surface area contributed by atoms with Crippen molar-refractivity contribution in [3.8, 4) is 5.75 Å². The van der Waals surface area contributed by atoms with E-state index in [1.165, 1.54) is 12.1 Å². The number of hydrogen-bond acceptors (Lipinski definition) is 4. The summed E-state index contributed by atoms with van der Waals surface area (Å²) in [5.41, 5.74) is 0.573. The summed E-state index contributed by atoms with van der Waals surface area (Å²) in [6.45, 7) is 1.83. The molecule has 1 aliphatic heterocycles. The predicted octanol–water partition coefficient (Wildman–Crippen LogP) is 1.76. The highest BCUT2D eigenvalue weighted by atomic mass is 32.2. The number of sulfone groups is 1. The lowest BCUT2D eigenvalue weighted by atomic mass is 10.0. The number of nitrogens with one attached hydrogen (secondary N) is 1. The van der Waals surface area contributed by atoms with Gasteiger partial charge >= 0.3 is 0 Å². The first-order valence-electron chi connectivity index (χ1n) is 6.32. The molecule has 2 rings (SSSR count). The Kier molecular flexibility index (Phi) is 4.10. The minimum atomic E-state index is -2.96. The van der Waals surface area contributed by atoms with Crippen molar-refractivity contribution in [2.75, 3.05) is 11.5 Å². The SMILES string of the molecule is CC(NC1CCCS(=O)(=O)C1)c1ccc(F)cc1O. The quantitative estimate of drug-likeness (QED) is 0.889. The smallest absolute Gasteiger partial charge is 0.151 e. The number of hydrogen-bond donors (Lipinski definition) is 2. The zero-order chi connectivity index (χ0) is 14.0. The fraction of sp³-hybridized carbons (Fsp3) is 0.538. The van der Waals surface area contributed by atoms with Gasteiger partial charge < -0.3 is 10.4 Å². The molecule has 106 valence electrons. The first kappa shape index (κ1) is 14.3. The second-order valence-electron chi connectivity index (χ2n) is 5.05. The molecule has 1 heterocycles. The highest BCUT2D eigenvalue weighted by Gasteiger charge is 2.26. The lowest BCUT2D eigenvalue weighted by molar-refractivity contribution is 0.414. The minimum Gasteiger partial charge on any atom is -0.508 e. The van der Waals surface area contributed by atoms with Gasteiger partial charge in [-0.15, -0.1) is 0 Å². The summed E-state index contributed by atoms with van der Waals surface area (Å²) < 4.78 is 36.0. The number of phenolic OH excluding ortho intramolecular Hbond substituents is 1. The van der Waals surface area contributed by atoms with Gasteiger partial charge in [0.15, 0.2) is 9.84 Å². The summed E-state index contributed by atoms with van der Waals surface area (Å²) in [7, 11) is -2.96. The van der Waals surface area contributed by atoms with Gasteiger partial charge in [-0.3, -0.25) is 0 Å². The van der Waals surface area contributed by atoms with Crippen molar-refractivity contribution in [2.45, 2.75) is 31.8 Å². The van der Waals surface area contributed by atoms with Crippen molar-refractivity contribution >= 4 is 9.84 Å². The molecule has 2 N–H and O–H groups in total. The number of halogens is 1. The Bertz CT molecular complexity index is 559. The van der Waals surface area contributed by atoms with Gasteiger partial charge in [0, 0.05) is 23.7 Å². The molecule has 2 unspecified atom stereocenters. The monoisotopic (exact) mass is 287 g/mol. The third-order valence-electron chi connectivity index (χ3n) is 3.41. The Morgan fingerprint density at radius 1 is 1.47 bits per heavy atom. The van der Waals surface area contributed by atoms with E-state index in [1.54, 1.807) is 0 Å². The zero-order valence-corrected chi connectivity index (χ0v) is 11.6. The van der Waals surface area contributed by atoms with Gasteiger partial charge in [-0.25, -0.2) is 12.8 Å². The molecular formula is C13H18FNO3S. The number of aromatic hydroxyl groups is 1. The van der Waals surface area contributed by atoms with Gasteiger partial charge in [-0.05, 0) is 25.8 Å². The van der Waals surface area contributed by atoms with Gasteiger partial charge in [0.05, 0.1) is 11.5 Å². The van der Waals surface area contributed by atoms with E-state index in [9.17, 15) is 17.9 Å². The molecule has 0 spiro atoms. The highest BCUT2D eigenvalue weighted by molar-refractivity contribution is 7.91. The molecular weight excluding hydrogens is 269 g/mol. The van der Waals surface area contributed by atoms with E-state index < -0.39 is 15.7 Å². The normalized spacial score (nSPS) is 24.0. The summed E-state index contributed by atoms with van der Waals surface area (Å²) >= 11 is 0. The topological polar surface area (TPSA) is 66.4 Å². The maximum absolute atomic E-state index is 12.9. The predicted molar refractivity (Wildman–Crippen MR) is 71.3 cm³/mol. The van der Waals surface area contributed by atoms with Crippen molar-refractivity contribution in [3.63, 3.8) is 0 Å². The lowest BCUT2D eigenvalue weighted by Crippen LogP contribution is -2.41. The van der Waals surface area contributed by atoms with Crippen LogP contribution in [-0.2, 0) is 9.84 Å². The van der Waals surface area contributed by atoms with Crippen molar-refractivity contribution in [3.05, 3.63) is 29.6 Å². The third-order valence-corrected chi connectivity index (χ3v) is 5.23. The van der Waals surface area contributed by atoms with Crippen molar-refractivity contribution in [1.29, 1.82) is 0 Å². The van der Waals surface area contributed by atoms with Crippen LogP contribution in [0.4, 0.5) is 4.39 Å². The van der Waals surface area contributed by atoms with Crippen LogP contribution in [0.3, 0.4) is 0 Å². The van der Waals surface area contributed by atoms with Gasteiger partial charge in [0.25, 0.3) is 0 Å². The first-order valence-corrected chi connectivity index (χ1v) is 8.14. The Balaban J connectivity index is 2.06. The second kappa shape index (κ2) is 5.46. The van der Waals surface area contributed by atoms with Crippen LogP contribution in [-0.4, -0.2) is 31.1 Å². The minimum absolute atomic E-state index is 0.112. The Hall–Kier alpha value is -1.14. The third kappa shape index (κ3) is 3.67. The van der Waals surface area contributed by atoms with Gasteiger partial charge in [0.1, 0.15) is 11.6 Å². The van der Waals surface area contributed by atoms with Gasteiger partial charge in [-0.1, -0.05) is 6.07 Å². The largest absolute Gasteiger partial charge is 0.508 e. The van der Waals surface area contributed by atoms with Gasteiger partial charge in [-0.2, -0.15) is 0 Å². The van der Waals surface area contributed by atoms with Crippen LogP contribution >= 0.6 is 0 Å². The zero-order valence-electron chi connectivity index (χ0n) is 10.8. The maximum Gasteiger partial charge on any atom is 0.151 e. The molecule has 0 radical (unpaired) electrons. The van der Waals surface area contributed by atoms with E-state index in [4.69, 9.17) is 0 Å². The fourth-order valence-electron chi connectivity index (χ4n) is 2.48. The van der Waals surface area contributed by atoms with Crippen molar-refractivity contribution < 1.29 is 17.9 Å². The van der Waals surface area contributed by atoms with Crippen LogP contribution in [0.1, 0.15) is 31.4 Å². The van der Waals surface area contributed by atoms with Crippen LogP contribution < -0.4 is 5.32 Å².